The van der Waals surface area contributed by atoms with Crippen molar-refractivity contribution in [1.82, 2.24) is 4.98 Å². The van der Waals surface area contributed by atoms with Gasteiger partial charge in [-0.05, 0) is 18.9 Å². The molecule has 1 aromatic carbocycles. The van der Waals surface area contributed by atoms with Gasteiger partial charge in [-0.15, -0.1) is 17.0 Å². The number of hydrogen-bond acceptors (Lipinski definition) is 3. The number of H-pyrrole nitrogens is 1. The zero-order valence-corrected chi connectivity index (χ0v) is 13.9. The number of rotatable bonds is 6. The molecule has 0 fully saturated rings. The van der Waals surface area contributed by atoms with Gasteiger partial charge in [0.1, 0.15) is 11.5 Å². The number of nitrogens with zero attached hydrogens (tertiary/aromatic N) is 1. The highest BCUT2D eigenvalue weighted by Crippen LogP contribution is 2.31. The minimum absolute atomic E-state index is 0. The smallest absolute Gasteiger partial charge is 0.185 e. The van der Waals surface area contributed by atoms with Gasteiger partial charge in [0, 0.05) is 29.8 Å². The lowest BCUT2D eigenvalue weighted by atomic mass is 10.2. The summed E-state index contributed by atoms with van der Waals surface area (Å²) < 4.78 is 10.6. The predicted octanol–water partition coefficient (Wildman–Crippen LogP) is 1.97. The van der Waals surface area contributed by atoms with Crippen LogP contribution in [0.1, 0.15) is 12.1 Å². The van der Waals surface area contributed by atoms with Crippen LogP contribution in [0.4, 0.5) is 0 Å². The maximum absolute atomic E-state index is 5.39. The van der Waals surface area contributed by atoms with E-state index >= 15 is 0 Å². The molecule has 5 N–H and O–H groups in total. The molecule has 21 heavy (non-hydrogen) atoms. The first-order valence-electron chi connectivity index (χ1n) is 6.43. The highest BCUT2D eigenvalue weighted by Gasteiger charge is 2.08. The molecule has 0 saturated heterocycles. The number of guanidine groups is 1. The molecule has 0 spiro atoms. The third-order valence-electron chi connectivity index (χ3n) is 3.08. The second-order valence-electron chi connectivity index (χ2n) is 4.50. The van der Waals surface area contributed by atoms with Crippen molar-refractivity contribution in [3.63, 3.8) is 0 Å². The van der Waals surface area contributed by atoms with Crippen LogP contribution in [-0.4, -0.2) is 31.7 Å². The Morgan fingerprint density at radius 2 is 1.95 bits per heavy atom. The van der Waals surface area contributed by atoms with Gasteiger partial charge >= 0.3 is 0 Å². The topological polar surface area (TPSA) is 98.7 Å². The van der Waals surface area contributed by atoms with Crippen molar-refractivity contribution in [2.24, 2.45) is 16.5 Å². The molecule has 2 aromatic rings. The fourth-order valence-corrected chi connectivity index (χ4v) is 2.14. The van der Waals surface area contributed by atoms with Gasteiger partial charge in [0.25, 0.3) is 0 Å². The van der Waals surface area contributed by atoms with Crippen LogP contribution in [0.5, 0.6) is 11.5 Å². The molecule has 2 rings (SSSR count). The summed E-state index contributed by atoms with van der Waals surface area (Å²) in [5, 5.41) is 1.05. The van der Waals surface area contributed by atoms with Gasteiger partial charge in [-0.1, -0.05) is 0 Å². The number of nitrogens with one attached hydrogen (secondary N) is 1. The first-order chi connectivity index (χ1) is 9.63. The molecule has 0 aliphatic carbocycles. The van der Waals surface area contributed by atoms with Gasteiger partial charge in [-0.2, -0.15) is 0 Å². The second kappa shape index (κ2) is 7.78. The van der Waals surface area contributed by atoms with Gasteiger partial charge in [0.05, 0.1) is 19.7 Å². The molecule has 7 heteroatoms. The lowest BCUT2D eigenvalue weighted by molar-refractivity contribution is 0.398. The summed E-state index contributed by atoms with van der Waals surface area (Å²) in [6.45, 7) is 0.623. The van der Waals surface area contributed by atoms with Gasteiger partial charge in [0.15, 0.2) is 5.96 Å². The molecule has 0 saturated carbocycles. The summed E-state index contributed by atoms with van der Waals surface area (Å²) in [7, 11) is 3.29. The minimum Gasteiger partial charge on any atom is -0.497 e. The van der Waals surface area contributed by atoms with E-state index in [-0.39, 0.29) is 22.9 Å². The Balaban J connectivity index is 0.00000220. The van der Waals surface area contributed by atoms with Gasteiger partial charge in [-0.3, -0.25) is 4.99 Å². The number of hydrogen-bond donors (Lipinski definition) is 3. The van der Waals surface area contributed by atoms with E-state index in [1.807, 2.05) is 12.1 Å². The lowest BCUT2D eigenvalue weighted by Crippen LogP contribution is -2.23. The number of fused-ring (bicyclic) bond motifs is 1. The van der Waals surface area contributed by atoms with E-state index in [0.717, 1.165) is 40.9 Å². The fraction of sp³-hybridized carbons (Fsp3) is 0.357. The molecular weight excluding hydrogens is 336 g/mol. The van der Waals surface area contributed by atoms with E-state index in [4.69, 9.17) is 20.9 Å². The van der Waals surface area contributed by atoms with Crippen molar-refractivity contribution in [2.45, 2.75) is 12.8 Å². The van der Waals surface area contributed by atoms with Crippen LogP contribution in [0.3, 0.4) is 0 Å². The summed E-state index contributed by atoms with van der Waals surface area (Å²) in [4.78, 5) is 7.33. The largest absolute Gasteiger partial charge is 0.497 e. The van der Waals surface area contributed by atoms with E-state index in [1.165, 1.54) is 0 Å². The average molecular weight is 357 g/mol. The highest BCUT2D eigenvalue weighted by molar-refractivity contribution is 8.93. The molecular formula is C14H21BrN4O2. The predicted molar refractivity (Wildman–Crippen MR) is 90.7 cm³/mol. The summed E-state index contributed by atoms with van der Waals surface area (Å²) >= 11 is 0. The molecule has 0 bridgehead atoms. The Hall–Kier alpha value is -1.89. The van der Waals surface area contributed by atoms with Crippen molar-refractivity contribution < 1.29 is 9.47 Å². The Morgan fingerprint density at radius 1 is 1.19 bits per heavy atom. The highest BCUT2D eigenvalue weighted by atomic mass is 79.9. The average Bonchev–Trinajstić information content (AvgIpc) is 2.84. The number of aryl methyl sites for hydroxylation is 1. The first kappa shape index (κ1) is 17.2. The van der Waals surface area contributed by atoms with Crippen LogP contribution in [-0.2, 0) is 6.42 Å². The molecule has 0 aliphatic rings. The van der Waals surface area contributed by atoms with Crippen molar-refractivity contribution in [1.29, 1.82) is 0 Å². The van der Waals surface area contributed by atoms with Crippen LogP contribution < -0.4 is 20.9 Å². The van der Waals surface area contributed by atoms with Gasteiger partial charge < -0.3 is 25.9 Å². The maximum atomic E-state index is 5.39. The van der Waals surface area contributed by atoms with E-state index in [9.17, 15) is 0 Å². The van der Waals surface area contributed by atoms with Gasteiger partial charge in [0.2, 0.25) is 0 Å². The molecule has 1 heterocycles. The van der Waals surface area contributed by atoms with Crippen LogP contribution in [0.15, 0.2) is 23.2 Å². The number of methoxy groups -OCH3 is 2. The maximum Gasteiger partial charge on any atom is 0.185 e. The summed E-state index contributed by atoms with van der Waals surface area (Å²) in [6, 6.07) is 5.92. The lowest BCUT2D eigenvalue weighted by Gasteiger charge is -2.04. The van der Waals surface area contributed by atoms with Gasteiger partial charge in [-0.25, -0.2) is 0 Å². The number of aromatic nitrogens is 1. The second-order valence-corrected chi connectivity index (χ2v) is 4.50. The Bertz CT molecular complexity index is 621. The third kappa shape index (κ3) is 4.29. The first-order valence-corrected chi connectivity index (χ1v) is 6.43. The normalized spacial score (nSPS) is 10.0. The molecule has 116 valence electrons. The monoisotopic (exact) mass is 356 g/mol. The number of benzene rings is 1. The van der Waals surface area contributed by atoms with Crippen molar-refractivity contribution in [3.8, 4) is 11.5 Å². The van der Waals surface area contributed by atoms with E-state index in [0.29, 0.717) is 6.54 Å². The Morgan fingerprint density at radius 3 is 2.57 bits per heavy atom. The molecule has 0 amide bonds. The Kier molecular flexibility index (Phi) is 6.36. The van der Waals surface area contributed by atoms with E-state index in [1.54, 1.807) is 14.2 Å². The molecule has 0 aliphatic heterocycles. The third-order valence-corrected chi connectivity index (χ3v) is 3.08. The zero-order chi connectivity index (χ0) is 14.5. The number of nitrogens with two attached hydrogens (primary N) is 2. The zero-order valence-electron chi connectivity index (χ0n) is 12.2. The van der Waals surface area contributed by atoms with Crippen molar-refractivity contribution in [2.75, 3.05) is 20.8 Å². The summed E-state index contributed by atoms with van der Waals surface area (Å²) in [5.41, 5.74) is 12.7. The van der Waals surface area contributed by atoms with Crippen LogP contribution >= 0.6 is 17.0 Å². The number of aromatic amines is 1. The Labute approximate surface area is 134 Å². The number of halogens is 1. The minimum atomic E-state index is 0. The van der Waals surface area contributed by atoms with Crippen molar-refractivity contribution >= 4 is 33.8 Å². The fourth-order valence-electron chi connectivity index (χ4n) is 2.14. The number of aliphatic imine (C=N–C) groups is 1. The number of ether oxygens (including phenoxy) is 2. The summed E-state index contributed by atoms with van der Waals surface area (Å²) in [5.74, 6) is 1.70. The molecule has 0 unspecified atom stereocenters. The standard InChI is InChI=1S/C14H20N4O2.BrH/c1-19-10-7-12-11(13(8-10)20-2)6-9(18-12)4-3-5-17-14(15)16;/h6-8,18H,3-5H2,1-2H3,(H4,15,16,17);1H. The van der Waals surface area contributed by atoms with Crippen molar-refractivity contribution in [3.05, 3.63) is 23.9 Å². The molecule has 0 radical (unpaired) electrons. The summed E-state index contributed by atoms with van der Waals surface area (Å²) in [6.07, 6.45) is 1.75. The van der Waals surface area contributed by atoms with Crippen LogP contribution in [0.25, 0.3) is 10.9 Å². The van der Waals surface area contributed by atoms with E-state index < -0.39 is 0 Å². The quantitative estimate of drug-likeness (QED) is 0.418. The van der Waals surface area contributed by atoms with E-state index in [2.05, 4.69) is 16.0 Å². The molecule has 6 nitrogen and oxygen atoms in total. The molecule has 1 aromatic heterocycles. The van der Waals surface area contributed by atoms with Crippen LogP contribution in [0, 0.1) is 0 Å². The van der Waals surface area contributed by atoms with Crippen LogP contribution in [0.2, 0.25) is 0 Å². The SMILES string of the molecule is Br.COc1cc(OC)c2cc(CCCN=C(N)N)[nH]c2c1. The molecule has 0 atom stereocenters.